The Balaban J connectivity index is 2.70. The Morgan fingerprint density at radius 2 is 1.87 bits per heavy atom. The fourth-order valence-electron chi connectivity index (χ4n) is 1.28. The lowest BCUT2D eigenvalue weighted by atomic mass is 10.1. The zero-order valence-electron chi connectivity index (χ0n) is 9.38. The van der Waals surface area contributed by atoms with Gasteiger partial charge in [0.1, 0.15) is 5.75 Å². The fraction of sp³-hybridized carbons (Fsp3) is 0.500. The summed E-state index contributed by atoms with van der Waals surface area (Å²) in [6.45, 7) is 6.79. The normalized spacial score (nSPS) is 12.6. The van der Waals surface area contributed by atoms with Crippen LogP contribution in [0.4, 0.5) is 0 Å². The summed E-state index contributed by atoms with van der Waals surface area (Å²) < 4.78 is 5.67. The van der Waals surface area contributed by atoms with Crippen molar-refractivity contribution in [3.05, 3.63) is 28.3 Å². The van der Waals surface area contributed by atoms with Gasteiger partial charge in [-0.3, -0.25) is 0 Å². The van der Waals surface area contributed by atoms with Gasteiger partial charge < -0.3 is 4.74 Å². The van der Waals surface area contributed by atoms with E-state index in [9.17, 15) is 0 Å². The van der Waals surface area contributed by atoms with Crippen molar-refractivity contribution in [2.45, 2.75) is 20.8 Å². The van der Waals surface area contributed by atoms with Gasteiger partial charge in [0, 0.05) is 5.02 Å². The summed E-state index contributed by atoms with van der Waals surface area (Å²) in [6, 6.07) is 3.95. The molecule has 0 N–H and O–H groups in total. The first-order valence-electron chi connectivity index (χ1n) is 5.05. The van der Waals surface area contributed by atoms with E-state index in [4.69, 9.17) is 16.3 Å². The fourth-order valence-corrected chi connectivity index (χ4v) is 1.50. The minimum absolute atomic E-state index is 0.463. The van der Waals surface area contributed by atoms with Gasteiger partial charge in [-0.1, -0.05) is 18.5 Å². The van der Waals surface area contributed by atoms with Gasteiger partial charge in [0.05, 0.1) is 6.61 Å². The molecule has 1 aromatic carbocycles. The second kappa shape index (κ2) is 5.66. The Morgan fingerprint density at radius 3 is 2.33 bits per heavy atom. The van der Waals surface area contributed by atoms with Crippen LogP contribution in [0.1, 0.15) is 18.1 Å². The van der Waals surface area contributed by atoms with E-state index in [1.165, 1.54) is 0 Å². The van der Waals surface area contributed by atoms with Crippen molar-refractivity contribution in [1.82, 2.24) is 0 Å². The zero-order chi connectivity index (χ0) is 11.4. The van der Waals surface area contributed by atoms with Crippen LogP contribution in [0.15, 0.2) is 12.1 Å². The van der Waals surface area contributed by atoms with Crippen molar-refractivity contribution in [2.24, 2.45) is 5.92 Å². The maximum Gasteiger partial charge on any atom is 0.119 e. The number of benzene rings is 1. The minimum atomic E-state index is 0.463. The third-order valence-electron chi connectivity index (χ3n) is 2.26. The largest absolute Gasteiger partial charge is 0.493 e. The Bertz CT molecular complexity index is 315. The van der Waals surface area contributed by atoms with Crippen LogP contribution in [0, 0.1) is 19.8 Å². The molecule has 0 aliphatic carbocycles. The van der Waals surface area contributed by atoms with E-state index in [1.807, 2.05) is 26.0 Å². The molecule has 0 aromatic heterocycles. The molecular weight excluding hydrogens is 228 g/mol. The summed E-state index contributed by atoms with van der Waals surface area (Å²) in [4.78, 5) is 0. The number of hydrogen-bond acceptors (Lipinski definition) is 2. The first kappa shape index (κ1) is 12.7. The van der Waals surface area contributed by atoms with Crippen LogP contribution in [0.25, 0.3) is 0 Å². The van der Waals surface area contributed by atoms with Crippen molar-refractivity contribution in [1.29, 1.82) is 0 Å². The number of ether oxygens (including phenoxy) is 1. The predicted octanol–water partition coefficient (Wildman–Crippen LogP) is 3.90. The Kier molecular flexibility index (Phi) is 4.81. The monoisotopic (exact) mass is 244 g/mol. The average Bonchev–Trinajstić information content (AvgIpc) is 2.22. The molecule has 84 valence electrons. The summed E-state index contributed by atoms with van der Waals surface area (Å²) in [6.07, 6.45) is 0. The molecule has 1 aromatic rings. The van der Waals surface area contributed by atoms with Crippen molar-refractivity contribution < 1.29 is 4.74 Å². The smallest absolute Gasteiger partial charge is 0.119 e. The van der Waals surface area contributed by atoms with Crippen LogP contribution in [-0.4, -0.2) is 12.4 Å². The molecule has 15 heavy (non-hydrogen) atoms. The van der Waals surface area contributed by atoms with Crippen LogP contribution in [0.5, 0.6) is 5.75 Å². The van der Waals surface area contributed by atoms with E-state index in [0.717, 1.165) is 27.7 Å². The van der Waals surface area contributed by atoms with Crippen LogP contribution in [0.2, 0.25) is 5.02 Å². The van der Waals surface area contributed by atoms with Gasteiger partial charge in [0.15, 0.2) is 0 Å². The molecule has 0 spiro atoms. The quantitative estimate of drug-likeness (QED) is 0.791. The van der Waals surface area contributed by atoms with Gasteiger partial charge >= 0.3 is 0 Å². The molecule has 0 saturated carbocycles. The lowest BCUT2D eigenvalue weighted by Gasteiger charge is -2.12. The molecule has 0 amide bonds. The van der Waals surface area contributed by atoms with Gasteiger partial charge in [-0.15, -0.1) is 0 Å². The zero-order valence-corrected chi connectivity index (χ0v) is 11.0. The van der Waals surface area contributed by atoms with Crippen LogP contribution in [0.3, 0.4) is 0 Å². The maximum atomic E-state index is 6.07. The second-order valence-corrected chi connectivity index (χ2v) is 4.71. The van der Waals surface area contributed by atoms with Crippen molar-refractivity contribution in [3.8, 4) is 5.75 Å². The molecule has 1 atom stereocenters. The predicted molar refractivity (Wildman–Crippen MR) is 69.4 cm³/mol. The summed E-state index contributed by atoms with van der Waals surface area (Å²) in [5, 5.41) is 0.824. The van der Waals surface area contributed by atoms with Crippen molar-refractivity contribution >= 4 is 24.2 Å². The van der Waals surface area contributed by atoms with E-state index >= 15 is 0 Å². The molecule has 1 unspecified atom stereocenters. The van der Waals surface area contributed by atoms with Gasteiger partial charge in [-0.2, -0.15) is 12.6 Å². The molecule has 0 radical (unpaired) electrons. The third kappa shape index (κ3) is 3.62. The highest BCUT2D eigenvalue weighted by Gasteiger charge is 2.05. The summed E-state index contributed by atoms with van der Waals surface area (Å²) in [5.74, 6) is 2.19. The molecule has 0 heterocycles. The molecule has 0 fully saturated rings. The highest BCUT2D eigenvalue weighted by Crippen LogP contribution is 2.26. The van der Waals surface area contributed by atoms with Crippen LogP contribution in [-0.2, 0) is 0 Å². The lowest BCUT2D eigenvalue weighted by Crippen LogP contribution is -2.09. The van der Waals surface area contributed by atoms with Crippen molar-refractivity contribution in [3.63, 3.8) is 0 Å². The highest BCUT2D eigenvalue weighted by atomic mass is 35.5. The molecule has 1 rings (SSSR count). The Hall–Kier alpha value is -0.340. The van der Waals surface area contributed by atoms with Gasteiger partial charge in [-0.05, 0) is 48.8 Å². The van der Waals surface area contributed by atoms with Crippen molar-refractivity contribution in [2.75, 3.05) is 12.4 Å². The topological polar surface area (TPSA) is 9.23 Å². The van der Waals surface area contributed by atoms with Crippen LogP contribution < -0.4 is 4.74 Å². The second-order valence-electron chi connectivity index (χ2n) is 3.97. The average molecular weight is 245 g/mol. The van der Waals surface area contributed by atoms with E-state index in [2.05, 4.69) is 19.6 Å². The lowest BCUT2D eigenvalue weighted by molar-refractivity contribution is 0.273. The van der Waals surface area contributed by atoms with Gasteiger partial charge in [0.25, 0.3) is 0 Å². The number of halogens is 1. The highest BCUT2D eigenvalue weighted by molar-refractivity contribution is 7.80. The first-order valence-corrected chi connectivity index (χ1v) is 6.06. The molecule has 1 nitrogen and oxygen atoms in total. The number of hydrogen-bond donors (Lipinski definition) is 1. The summed E-state index contributed by atoms with van der Waals surface area (Å²) >= 11 is 10.3. The standard InChI is InChI=1S/C12H17ClOS/c1-8(7-15)6-14-11-4-9(2)12(13)10(3)5-11/h4-5,8,15H,6-7H2,1-3H3. The van der Waals surface area contributed by atoms with E-state index < -0.39 is 0 Å². The number of rotatable bonds is 4. The Morgan fingerprint density at radius 1 is 1.33 bits per heavy atom. The Labute approximate surface area is 102 Å². The summed E-state index contributed by atoms with van der Waals surface area (Å²) in [7, 11) is 0. The summed E-state index contributed by atoms with van der Waals surface area (Å²) in [5.41, 5.74) is 2.12. The molecule has 3 heteroatoms. The van der Waals surface area contributed by atoms with Crippen LogP contribution >= 0.6 is 24.2 Å². The maximum absolute atomic E-state index is 6.07. The van der Waals surface area contributed by atoms with E-state index in [0.29, 0.717) is 12.5 Å². The number of thiol groups is 1. The van der Waals surface area contributed by atoms with Gasteiger partial charge in [-0.25, -0.2) is 0 Å². The molecular formula is C12H17ClOS. The number of aryl methyl sites for hydroxylation is 2. The van der Waals surface area contributed by atoms with Gasteiger partial charge in [0.2, 0.25) is 0 Å². The van der Waals surface area contributed by atoms with E-state index in [1.54, 1.807) is 0 Å². The van der Waals surface area contributed by atoms with E-state index in [-0.39, 0.29) is 0 Å². The SMILES string of the molecule is Cc1cc(OCC(C)CS)cc(C)c1Cl. The third-order valence-corrected chi connectivity index (χ3v) is 3.48. The molecule has 0 aliphatic heterocycles. The molecule has 0 bridgehead atoms. The molecule has 0 saturated heterocycles. The minimum Gasteiger partial charge on any atom is -0.493 e. The molecule has 0 aliphatic rings. The first-order chi connectivity index (χ1) is 7.04.